The van der Waals surface area contributed by atoms with Gasteiger partial charge < -0.3 is 19.9 Å². The van der Waals surface area contributed by atoms with Crippen molar-refractivity contribution < 1.29 is 24.2 Å². The number of alkyl carbamates (subject to hydrolysis) is 1. The molecule has 0 saturated carbocycles. The van der Waals surface area contributed by atoms with E-state index in [4.69, 9.17) is 14.6 Å². The topological polar surface area (TPSA) is 84.9 Å². The standard InChI is InChI=1S/C18H25NO5/c1-3-23-18(22)19-16(12-14(2)8-7-11-20)17(21)24-13-15-9-5-4-6-10-15/h4-6,9-10,16,20H,2-3,7-8,11-13H2,1H3,(H,19,22)/t16-/m0/s1. The summed E-state index contributed by atoms with van der Waals surface area (Å²) in [6, 6.07) is 8.42. The third-order valence-electron chi connectivity index (χ3n) is 3.26. The lowest BCUT2D eigenvalue weighted by atomic mass is 10.0. The monoisotopic (exact) mass is 335 g/mol. The minimum atomic E-state index is -0.862. The molecule has 1 rings (SSSR count). The van der Waals surface area contributed by atoms with Crippen LogP contribution in [-0.4, -0.2) is 36.4 Å². The van der Waals surface area contributed by atoms with E-state index in [1.54, 1.807) is 6.92 Å². The molecule has 1 amide bonds. The summed E-state index contributed by atoms with van der Waals surface area (Å²) in [5, 5.41) is 11.4. The van der Waals surface area contributed by atoms with Crippen molar-refractivity contribution >= 4 is 12.1 Å². The van der Waals surface area contributed by atoms with Crippen LogP contribution in [0.15, 0.2) is 42.5 Å². The highest BCUT2D eigenvalue weighted by Crippen LogP contribution is 2.12. The minimum absolute atomic E-state index is 0.0491. The van der Waals surface area contributed by atoms with Crippen LogP contribution in [0.3, 0.4) is 0 Å². The second-order valence-corrected chi connectivity index (χ2v) is 5.29. The molecule has 0 radical (unpaired) electrons. The first kappa shape index (κ1) is 19.7. The van der Waals surface area contributed by atoms with Crippen molar-refractivity contribution in [3.8, 4) is 0 Å². The van der Waals surface area contributed by atoms with E-state index >= 15 is 0 Å². The van der Waals surface area contributed by atoms with Gasteiger partial charge in [-0.1, -0.05) is 42.5 Å². The number of benzene rings is 1. The Hall–Kier alpha value is -2.34. The van der Waals surface area contributed by atoms with E-state index in [2.05, 4.69) is 11.9 Å². The van der Waals surface area contributed by atoms with Crippen LogP contribution in [0, 0.1) is 0 Å². The van der Waals surface area contributed by atoms with E-state index in [1.165, 1.54) is 0 Å². The Morgan fingerprint density at radius 2 is 1.96 bits per heavy atom. The Morgan fingerprint density at radius 1 is 1.25 bits per heavy atom. The molecule has 0 aliphatic heterocycles. The van der Waals surface area contributed by atoms with Gasteiger partial charge in [0.2, 0.25) is 0 Å². The SMILES string of the molecule is C=C(CCCO)C[C@H](NC(=O)OCC)C(=O)OCc1ccccc1. The molecule has 0 aromatic heterocycles. The molecular weight excluding hydrogens is 310 g/mol. The molecule has 6 heteroatoms. The third kappa shape index (κ3) is 7.78. The number of aliphatic hydroxyl groups is 1. The number of carbonyl (C=O) groups excluding carboxylic acids is 2. The Labute approximate surface area is 142 Å². The molecule has 0 heterocycles. The average Bonchev–Trinajstić information content (AvgIpc) is 2.58. The molecule has 132 valence electrons. The smallest absolute Gasteiger partial charge is 0.407 e. The van der Waals surface area contributed by atoms with Crippen molar-refractivity contribution in [2.24, 2.45) is 0 Å². The predicted octanol–water partition coefficient (Wildman–Crippen LogP) is 2.56. The van der Waals surface area contributed by atoms with Gasteiger partial charge in [0.05, 0.1) is 6.61 Å². The summed E-state index contributed by atoms with van der Waals surface area (Å²) in [6.45, 7) is 5.95. The van der Waals surface area contributed by atoms with Crippen molar-refractivity contribution in [2.45, 2.75) is 38.8 Å². The number of carbonyl (C=O) groups is 2. The van der Waals surface area contributed by atoms with Gasteiger partial charge in [-0.25, -0.2) is 9.59 Å². The van der Waals surface area contributed by atoms with E-state index in [0.717, 1.165) is 11.1 Å². The number of amides is 1. The lowest BCUT2D eigenvalue weighted by molar-refractivity contribution is -0.147. The number of hydrogen-bond acceptors (Lipinski definition) is 5. The zero-order valence-electron chi connectivity index (χ0n) is 14.0. The van der Waals surface area contributed by atoms with Gasteiger partial charge in [-0.2, -0.15) is 0 Å². The lowest BCUT2D eigenvalue weighted by Crippen LogP contribution is -2.42. The molecule has 1 aromatic carbocycles. The van der Waals surface area contributed by atoms with Crippen LogP contribution in [-0.2, 0) is 20.9 Å². The summed E-state index contributed by atoms with van der Waals surface area (Å²) in [6.07, 6.45) is 0.703. The highest BCUT2D eigenvalue weighted by atomic mass is 16.6. The summed E-state index contributed by atoms with van der Waals surface area (Å²) in [7, 11) is 0. The van der Waals surface area contributed by atoms with Gasteiger partial charge in [0.25, 0.3) is 0 Å². The molecule has 0 aliphatic rings. The van der Waals surface area contributed by atoms with E-state index in [0.29, 0.717) is 12.8 Å². The number of nitrogens with one attached hydrogen (secondary N) is 1. The molecular formula is C18H25NO5. The third-order valence-corrected chi connectivity index (χ3v) is 3.26. The fourth-order valence-electron chi connectivity index (χ4n) is 2.06. The van der Waals surface area contributed by atoms with Crippen molar-refractivity contribution in [3.63, 3.8) is 0 Å². The highest BCUT2D eigenvalue weighted by molar-refractivity contribution is 5.81. The molecule has 0 spiro atoms. The van der Waals surface area contributed by atoms with Gasteiger partial charge in [-0.05, 0) is 31.7 Å². The first-order valence-corrected chi connectivity index (χ1v) is 7.98. The fraction of sp³-hybridized carbons (Fsp3) is 0.444. The zero-order valence-corrected chi connectivity index (χ0v) is 14.0. The lowest BCUT2D eigenvalue weighted by Gasteiger charge is -2.18. The van der Waals surface area contributed by atoms with Gasteiger partial charge >= 0.3 is 12.1 Å². The summed E-state index contributed by atoms with van der Waals surface area (Å²) < 4.78 is 10.1. The summed E-state index contributed by atoms with van der Waals surface area (Å²) in [5.41, 5.74) is 1.61. The molecule has 24 heavy (non-hydrogen) atoms. The summed E-state index contributed by atoms with van der Waals surface area (Å²) >= 11 is 0. The first-order valence-electron chi connectivity index (χ1n) is 7.98. The number of esters is 1. The van der Waals surface area contributed by atoms with Crippen LogP contribution in [0.4, 0.5) is 4.79 Å². The number of rotatable bonds is 10. The van der Waals surface area contributed by atoms with E-state index in [1.807, 2.05) is 30.3 Å². The van der Waals surface area contributed by atoms with Crippen LogP contribution in [0.5, 0.6) is 0 Å². The van der Waals surface area contributed by atoms with Gasteiger partial charge in [0.1, 0.15) is 12.6 Å². The number of aliphatic hydroxyl groups excluding tert-OH is 1. The van der Waals surface area contributed by atoms with Crippen molar-refractivity contribution in [3.05, 3.63) is 48.0 Å². The van der Waals surface area contributed by atoms with Gasteiger partial charge in [-0.3, -0.25) is 0 Å². The molecule has 0 bridgehead atoms. The van der Waals surface area contributed by atoms with Crippen LogP contribution in [0.2, 0.25) is 0 Å². The Morgan fingerprint density at radius 3 is 2.58 bits per heavy atom. The van der Waals surface area contributed by atoms with Crippen molar-refractivity contribution in [1.82, 2.24) is 5.32 Å². The minimum Gasteiger partial charge on any atom is -0.459 e. The Kier molecular flexibility index (Phi) is 9.23. The maximum absolute atomic E-state index is 12.3. The second kappa shape index (κ2) is 11.2. The molecule has 6 nitrogen and oxygen atoms in total. The molecule has 0 unspecified atom stereocenters. The maximum Gasteiger partial charge on any atom is 0.407 e. The van der Waals surface area contributed by atoms with Crippen molar-refractivity contribution in [1.29, 1.82) is 0 Å². The van der Waals surface area contributed by atoms with Gasteiger partial charge in [0, 0.05) is 6.61 Å². The number of ether oxygens (including phenoxy) is 2. The second-order valence-electron chi connectivity index (χ2n) is 5.29. The van der Waals surface area contributed by atoms with Gasteiger partial charge in [-0.15, -0.1) is 0 Å². The predicted molar refractivity (Wildman–Crippen MR) is 90.3 cm³/mol. The van der Waals surface area contributed by atoms with Crippen LogP contribution in [0.1, 0.15) is 31.7 Å². The molecule has 1 aromatic rings. The number of hydrogen-bond donors (Lipinski definition) is 2. The molecule has 0 saturated heterocycles. The van der Waals surface area contributed by atoms with Gasteiger partial charge in [0.15, 0.2) is 0 Å². The summed E-state index contributed by atoms with van der Waals surface area (Å²) in [4.78, 5) is 23.9. The van der Waals surface area contributed by atoms with E-state index in [-0.39, 0.29) is 26.2 Å². The quantitative estimate of drug-likeness (QED) is 0.507. The molecule has 1 atom stereocenters. The van der Waals surface area contributed by atoms with E-state index in [9.17, 15) is 9.59 Å². The van der Waals surface area contributed by atoms with Crippen LogP contribution >= 0.6 is 0 Å². The van der Waals surface area contributed by atoms with Crippen LogP contribution in [0.25, 0.3) is 0 Å². The Bertz CT molecular complexity index is 529. The van der Waals surface area contributed by atoms with Crippen molar-refractivity contribution in [2.75, 3.05) is 13.2 Å². The average molecular weight is 335 g/mol. The van der Waals surface area contributed by atoms with Crippen LogP contribution < -0.4 is 5.32 Å². The maximum atomic E-state index is 12.3. The molecule has 0 fully saturated rings. The fourth-order valence-corrected chi connectivity index (χ4v) is 2.06. The molecule has 0 aliphatic carbocycles. The first-order chi connectivity index (χ1) is 11.6. The highest BCUT2D eigenvalue weighted by Gasteiger charge is 2.23. The molecule has 2 N–H and O–H groups in total. The van der Waals surface area contributed by atoms with E-state index < -0.39 is 18.1 Å². The zero-order chi connectivity index (χ0) is 17.8. The Balaban J connectivity index is 2.62. The normalized spacial score (nSPS) is 11.4. The largest absolute Gasteiger partial charge is 0.459 e. The summed E-state index contributed by atoms with van der Waals surface area (Å²) in [5.74, 6) is -0.544.